The maximum absolute atomic E-state index is 12.3. The summed E-state index contributed by atoms with van der Waals surface area (Å²) >= 11 is 1.50. The molecule has 1 heterocycles. The van der Waals surface area contributed by atoms with E-state index in [9.17, 15) is 4.79 Å². The monoisotopic (exact) mass is 354 g/mol. The van der Waals surface area contributed by atoms with Gasteiger partial charge in [0.1, 0.15) is 5.75 Å². The molecule has 0 aliphatic heterocycles. The molecule has 25 heavy (non-hydrogen) atoms. The molecule has 0 aliphatic rings. The van der Waals surface area contributed by atoms with Crippen LogP contribution in [0.5, 0.6) is 5.75 Å². The molecule has 0 spiro atoms. The summed E-state index contributed by atoms with van der Waals surface area (Å²) in [5.41, 5.74) is 3.28. The number of rotatable bonds is 4. The zero-order valence-electron chi connectivity index (χ0n) is 14.9. The van der Waals surface area contributed by atoms with Gasteiger partial charge < -0.3 is 9.30 Å². The first kappa shape index (κ1) is 17.4. The van der Waals surface area contributed by atoms with Crippen molar-refractivity contribution in [2.45, 2.75) is 26.7 Å². The van der Waals surface area contributed by atoms with Crippen molar-refractivity contribution in [2.75, 3.05) is 6.61 Å². The van der Waals surface area contributed by atoms with Crippen molar-refractivity contribution in [1.29, 1.82) is 0 Å². The van der Waals surface area contributed by atoms with Crippen LogP contribution in [0, 0.1) is 6.92 Å². The highest BCUT2D eigenvalue weighted by atomic mass is 32.1. The van der Waals surface area contributed by atoms with Gasteiger partial charge in [-0.3, -0.25) is 4.79 Å². The number of ether oxygens (including phenoxy) is 1. The van der Waals surface area contributed by atoms with Crippen LogP contribution in [-0.4, -0.2) is 17.1 Å². The fourth-order valence-electron chi connectivity index (χ4n) is 2.71. The van der Waals surface area contributed by atoms with E-state index in [0.717, 1.165) is 27.1 Å². The molecule has 1 amide bonds. The van der Waals surface area contributed by atoms with E-state index in [-0.39, 0.29) is 12.5 Å². The molecule has 4 nitrogen and oxygen atoms in total. The van der Waals surface area contributed by atoms with Gasteiger partial charge in [-0.25, -0.2) is 0 Å². The number of benzene rings is 2. The first-order valence-electron chi connectivity index (χ1n) is 8.31. The summed E-state index contributed by atoms with van der Waals surface area (Å²) in [7, 11) is 1.92. The molecule has 2 aromatic carbocycles. The maximum atomic E-state index is 12.3. The molecule has 130 valence electrons. The molecule has 3 rings (SSSR count). The second-order valence-corrected chi connectivity index (χ2v) is 7.41. The molecule has 0 unspecified atom stereocenters. The number of carbonyl (C=O) groups is 1. The van der Waals surface area contributed by atoms with Gasteiger partial charge in [-0.15, -0.1) is 0 Å². The molecule has 0 saturated heterocycles. The van der Waals surface area contributed by atoms with E-state index >= 15 is 0 Å². The van der Waals surface area contributed by atoms with Gasteiger partial charge in [0.2, 0.25) is 0 Å². The van der Waals surface area contributed by atoms with Crippen molar-refractivity contribution in [3.8, 4) is 5.75 Å². The van der Waals surface area contributed by atoms with Crippen LogP contribution in [0.4, 0.5) is 0 Å². The topological polar surface area (TPSA) is 43.6 Å². The average Bonchev–Trinajstić information content (AvgIpc) is 2.89. The number of hydrogen-bond donors (Lipinski definition) is 0. The summed E-state index contributed by atoms with van der Waals surface area (Å²) in [5.74, 6) is 0.820. The lowest BCUT2D eigenvalue weighted by Gasteiger charge is -2.13. The van der Waals surface area contributed by atoms with E-state index < -0.39 is 0 Å². The lowest BCUT2D eigenvalue weighted by atomic mass is 10.0. The van der Waals surface area contributed by atoms with Gasteiger partial charge in [-0.1, -0.05) is 49.4 Å². The van der Waals surface area contributed by atoms with Gasteiger partial charge in [0, 0.05) is 7.05 Å². The Hall–Kier alpha value is -2.40. The summed E-state index contributed by atoms with van der Waals surface area (Å²) in [6.07, 6.45) is 0. The van der Waals surface area contributed by atoms with Gasteiger partial charge >= 0.3 is 0 Å². The number of aromatic nitrogens is 1. The van der Waals surface area contributed by atoms with Gasteiger partial charge in [-0.2, -0.15) is 4.99 Å². The molecular formula is C20H22N2O2S. The van der Waals surface area contributed by atoms with Crippen molar-refractivity contribution in [3.05, 3.63) is 58.4 Å². The molecule has 0 atom stereocenters. The molecule has 0 fully saturated rings. The van der Waals surface area contributed by atoms with E-state index in [4.69, 9.17) is 4.74 Å². The number of hydrogen-bond acceptors (Lipinski definition) is 3. The smallest absolute Gasteiger partial charge is 0.286 e. The molecule has 0 radical (unpaired) electrons. The van der Waals surface area contributed by atoms with Gasteiger partial charge in [0.05, 0.1) is 10.2 Å². The zero-order chi connectivity index (χ0) is 18.0. The third-order valence-corrected chi connectivity index (χ3v) is 5.19. The minimum Gasteiger partial charge on any atom is -0.483 e. The largest absolute Gasteiger partial charge is 0.483 e. The number of carbonyl (C=O) groups excluding carboxylic acids is 1. The summed E-state index contributed by atoms with van der Waals surface area (Å²) in [4.78, 5) is 17.2. The summed E-state index contributed by atoms with van der Waals surface area (Å²) < 4.78 is 8.82. The normalized spacial score (nSPS) is 12.1. The molecule has 0 N–H and O–H groups in total. The predicted molar refractivity (Wildman–Crippen MR) is 102 cm³/mol. The van der Waals surface area contributed by atoms with Crippen molar-refractivity contribution < 1.29 is 9.53 Å². The lowest BCUT2D eigenvalue weighted by Crippen LogP contribution is -2.17. The summed E-state index contributed by atoms with van der Waals surface area (Å²) in [5, 5.41) is 0. The van der Waals surface area contributed by atoms with Crippen LogP contribution in [0.3, 0.4) is 0 Å². The Kier molecular flexibility index (Phi) is 5.04. The Bertz CT molecular complexity index is 983. The SMILES string of the molecule is Cc1ccc(C(C)C)c(OCC(=O)N=c2sc3ccccc3n2C)c1. The quantitative estimate of drug-likeness (QED) is 0.705. The highest BCUT2D eigenvalue weighted by molar-refractivity contribution is 7.16. The van der Waals surface area contributed by atoms with Crippen molar-refractivity contribution in [1.82, 2.24) is 4.57 Å². The minimum atomic E-state index is -0.279. The van der Waals surface area contributed by atoms with Crippen LogP contribution >= 0.6 is 11.3 Å². The maximum Gasteiger partial charge on any atom is 0.286 e. The first-order chi connectivity index (χ1) is 12.0. The number of nitrogens with zero attached hydrogens (tertiary/aromatic N) is 2. The molecule has 3 aromatic rings. The molecule has 0 aliphatic carbocycles. The van der Waals surface area contributed by atoms with Crippen LogP contribution < -0.4 is 9.54 Å². The third kappa shape index (κ3) is 3.82. The Morgan fingerprint density at radius 1 is 1.24 bits per heavy atom. The van der Waals surface area contributed by atoms with Crippen LogP contribution in [0.15, 0.2) is 47.5 Å². The Morgan fingerprint density at radius 2 is 2.00 bits per heavy atom. The molecular weight excluding hydrogens is 332 g/mol. The second-order valence-electron chi connectivity index (χ2n) is 6.40. The highest BCUT2D eigenvalue weighted by Gasteiger charge is 2.10. The van der Waals surface area contributed by atoms with Crippen LogP contribution in [-0.2, 0) is 11.8 Å². The Labute approximate surface area is 151 Å². The van der Waals surface area contributed by atoms with Gasteiger partial charge in [0.15, 0.2) is 11.4 Å². The first-order valence-corrected chi connectivity index (χ1v) is 9.13. The minimum absolute atomic E-state index is 0.0581. The molecule has 0 bridgehead atoms. The number of para-hydroxylation sites is 1. The standard InChI is InChI=1S/C20H22N2O2S/c1-13(2)15-10-9-14(3)11-17(15)24-12-19(23)21-20-22(4)16-7-5-6-8-18(16)25-20/h5-11,13H,12H2,1-4H3. The average molecular weight is 354 g/mol. The number of fused-ring (bicyclic) bond motifs is 1. The zero-order valence-corrected chi connectivity index (χ0v) is 15.8. The van der Waals surface area contributed by atoms with Crippen molar-refractivity contribution in [3.63, 3.8) is 0 Å². The van der Waals surface area contributed by atoms with Gasteiger partial charge in [-0.05, 0) is 42.2 Å². The van der Waals surface area contributed by atoms with E-state index in [1.807, 2.05) is 48.9 Å². The van der Waals surface area contributed by atoms with E-state index in [2.05, 4.69) is 31.0 Å². The summed E-state index contributed by atoms with van der Waals surface area (Å²) in [6.45, 7) is 6.18. The fourth-order valence-corrected chi connectivity index (χ4v) is 3.75. The Morgan fingerprint density at radius 3 is 2.72 bits per heavy atom. The second kappa shape index (κ2) is 7.23. The molecule has 5 heteroatoms. The molecule has 0 saturated carbocycles. The van der Waals surface area contributed by atoms with Crippen LogP contribution in [0.25, 0.3) is 10.2 Å². The summed E-state index contributed by atoms with van der Waals surface area (Å²) in [6, 6.07) is 14.1. The highest BCUT2D eigenvalue weighted by Crippen LogP contribution is 2.27. The Balaban J connectivity index is 1.81. The molecule has 1 aromatic heterocycles. The van der Waals surface area contributed by atoms with E-state index in [1.54, 1.807) is 0 Å². The van der Waals surface area contributed by atoms with Crippen LogP contribution in [0.2, 0.25) is 0 Å². The lowest BCUT2D eigenvalue weighted by molar-refractivity contribution is -0.120. The van der Waals surface area contributed by atoms with Crippen molar-refractivity contribution >= 4 is 27.5 Å². The number of aryl methyl sites for hydroxylation is 2. The van der Waals surface area contributed by atoms with Crippen LogP contribution in [0.1, 0.15) is 30.9 Å². The van der Waals surface area contributed by atoms with E-state index in [1.165, 1.54) is 11.3 Å². The van der Waals surface area contributed by atoms with E-state index in [0.29, 0.717) is 10.7 Å². The van der Waals surface area contributed by atoms with Gasteiger partial charge in [0.25, 0.3) is 5.91 Å². The third-order valence-electron chi connectivity index (χ3n) is 4.08. The number of thiazole rings is 1. The predicted octanol–water partition coefficient (Wildman–Crippen LogP) is 4.18. The fraction of sp³-hybridized carbons (Fsp3) is 0.300. The van der Waals surface area contributed by atoms with Crippen molar-refractivity contribution in [2.24, 2.45) is 12.0 Å². The number of amides is 1.